The summed E-state index contributed by atoms with van der Waals surface area (Å²) in [6.45, 7) is 0. The van der Waals surface area contributed by atoms with E-state index in [1.54, 1.807) is 0 Å². The Bertz CT molecular complexity index is 1170. The molecule has 0 spiro atoms. The molecule has 1 heterocycles. The number of nitrogen functional groups attached to an aromatic ring is 1. The van der Waals surface area contributed by atoms with Gasteiger partial charge in [-0.05, 0) is 23.8 Å². The monoisotopic (exact) mass is 401 g/mol. The second kappa shape index (κ2) is 7.79. The summed E-state index contributed by atoms with van der Waals surface area (Å²) in [5.41, 5.74) is 4.51. The van der Waals surface area contributed by atoms with Crippen LogP contribution in [0.2, 0.25) is 0 Å². The fourth-order valence-corrected chi connectivity index (χ4v) is 2.70. The van der Waals surface area contributed by atoms with Crippen molar-refractivity contribution in [3.8, 4) is 28.6 Å². The molecule has 3 rings (SSSR count). The van der Waals surface area contributed by atoms with E-state index in [9.17, 15) is 18.3 Å². The van der Waals surface area contributed by atoms with Gasteiger partial charge in [0.05, 0.1) is 12.5 Å². The van der Waals surface area contributed by atoms with E-state index in [0.29, 0.717) is 5.75 Å². The fraction of sp³-hybridized carbons (Fsp3) is 0.0625. The number of fused-ring (bicyclic) bond motifs is 1. The zero-order chi connectivity index (χ0) is 19.1. The molecular weight excluding hydrogens is 389 g/mol. The molecule has 0 aliphatic rings. The van der Waals surface area contributed by atoms with Crippen LogP contribution in [-0.2, 0) is 10.4 Å². The first-order valence-electron chi connectivity index (χ1n) is 7.08. The van der Waals surface area contributed by atoms with Crippen molar-refractivity contribution in [3.63, 3.8) is 0 Å². The van der Waals surface area contributed by atoms with Crippen LogP contribution in [0.4, 0.5) is 5.69 Å². The summed E-state index contributed by atoms with van der Waals surface area (Å²) in [6.07, 6.45) is 0. The van der Waals surface area contributed by atoms with Gasteiger partial charge < -0.3 is 24.2 Å². The van der Waals surface area contributed by atoms with E-state index in [2.05, 4.69) is 4.18 Å². The average Bonchev–Trinajstić information content (AvgIpc) is 2.56. The van der Waals surface area contributed by atoms with E-state index in [1.165, 1.54) is 37.4 Å². The third-order valence-electron chi connectivity index (χ3n) is 3.55. The Morgan fingerprint density at radius 3 is 2.48 bits per heavy atom. The molecule has 0 bridgehead atoms. The molecule has 0 atom stereocenters. The third kappa shape index (κ3) is 4.37. The molecule has 9 nitrogen and oxygen atoms in total. The van der Waals surface area contributed by atoms with Gasteiger partial charge in [-0.15, -0.1) is 0 Å². The maximum Gasteiger partial charge on any atom is 1.00 e. The molecule has 0 saturated carbocycles. The number of nitrogens with two attached hydrogens (primary N) is 1. The predicted octanol–water partition coefficient (Wildman–Crippen LogP) is -1.69. The molecule has 3 aromatic rings. The van der Waals surface area contributed by atoms with Crippen LogP contribution in [0.25, 0.3) is 22.1 Å². The summed E-state index contributed by atoms with van der Waals surface area (Å²) in [6, 6.07) is 7.84. The summed E-state index contributed by atoms with van der Waals surface area (Å²) in [5.74, 6) is -0.886. The minimum atomic E-state index is -4.98. The van der Waals surface area contributed by atoms with Crippen molar-refractivity contribution in [2.24, 2.45) is 0 Å². The molecule has 0 radical (unpaired) electrons. The first-order chi connectivity index (χ1) is 12.2. The van der Waals surface area contributed by atoms with E-state index in [-0.39, 0.29) is 57.3 Å². The first-order valence-corrected chi connectivity index (χ1v) is 8.45. The van der Waals surface area contributed by atoms with Crippen molar-refractivity contribution in [2.75, 3.05) is 12.8 Å². The number of methoxy groups -OCH3 is 1. The topological polar surface area (TPSA) is 152 Å². The van der Waals surface area contributed by atoms with Gasteiger partial charge in [0.25, 0.3) is 0 Å². The average molecular weight is 401 g/mol. The third-order valence-corrected chi connectivity index (χ3v) is 3.91. The van der Waals surface area contributed by atoms with Gasteiger partial charge in [-0.25, -0.2) is 0 Å². The minimum absolute atomic E-state index is 0. The first kappa shape index (κ1) is 21.1. The standard InChI is InChI=1S/C16H13NO8S.Na/c1-23-9-3-4-10-13(7-9)24-16(25-26(20,21)22)14(15(10)19)8-2-5-12(18)11(17)6-8;/h2-7,18H,17H2,1H3,(H,20,21,22);/q;+1/p-1. The smallest absolute Gasteiger partial charge is 0.871 e. The second-order valence-corrected chi connectivity index (χ2v) is 6.24. The van der Waals surface area contributed by atoms with Crippen LogP contribution in [-0.4, -0.2) is 20.1 Å². The Kier molecular flexibility index (Phi) is 6.07. The van der Waals surface area contributed by atoms with Gasteiger partial charge in [0.2, 0.25) is 5.43 Å². The number of benzene rings is 2. The van der Waals surface area contributed by atoms with E-state index in [1.807, 2.05) is 0 Å². The van der Waals surface area contributed by atoms with Gasteiger partial charge in [-0.1, -0.05) is 17.9 Å². The SMILES string of the molecule is COc1ccc2c(=O)c(-c3ccc([O-])c(N)c3)c(OS(=O)(=O)O)oc2c1.[Na+]. The summed E-state index contributed by atoms with van der Waals surface area (Å²) in [4.78, 5) is 12.9. The van der Waals surface area contributed by atoms with Crippen molar-refractivity contribution in [1.29, 1.82) is 0 Å². The number of anilines is 1. The predicted molar refractivity (Wildman–Crippen MR) is 90.5 cm³/mol. The van der Waals surface area contributed by atoms with Crippen LogP contribution < -0.4 is 54.7 Å². The Morgan fingerprint density at radius 2 is 1.89 bits per heavy atom. The summed E-state index contributed by atoms with van der Waals surface area (Å²) < 4.78 is 46.1. The zero-order valence-corrected chi connectivity index (χ0v) is 17.1. The Balaban J connectivity index is 0.00000261. The normalized spacial score (nSPS) is 11.0. The zero-order valence-electron chi connectivity index (χ0n) is 14.3. The van der Waals surface area contributed by atoms with Crippen LogP contribution in [0.5, 0.6) is 17.4 Å². The molecule has 11 heteroatoms. The van der Waals surface area contributed by atoms with Crippen LogP contribution >= 0.6 is 0 Å². The summed E-state index contributed by atoms with van der Waals surface area (Å²) in [7, 11) is -3.58. The Labute approximate surface area is 175 Å². The molecule has 136 valence electrons. The van der Waals surface area contributed by atoms with Gasteiger partial charge in [-0.2, -0.15) is 8.42 Å². The number of rotatable bonds is 4. The molecule has 1 aromatic heterocycles. The molecule has 0 unspecified atom stereocenters. The van der Waals surface area contributed by atoms with Crippen molar-refractivity contribution in [3.05, 3.63) is 46.6 Å². The van der Waals surface area contributed by atoms with Crippen LogP contribution in [0, 0.1) is 0 Å². The fourth-order valence-electron chi connectivity index (χ4n) is 2.39. The van der Waals surface area contributed by atoms with E-state index >= 15 is 0 Å². The van der Waals surface area contributed by atoms with Gasteiger partial charge in [-0.3, -0.25) is 9.35 Å². The van der Waals surface area contributed by atoms with Gasteiger partial charge >= 0.3 is 45.9 Å². The van der Waals surface area contributed by atoms with Crippen molar-refractivity contribution in [2.45, 2.75) is 0 Å². The second-order valence-electron chi connectivity index (χ2n) is 5.22. The number of hydrogen-bond donors (Lipinski definition) is 2. The van der Waals surface area contributed by atoms with E-state index in [4.69, 9.17) is 19.4 Å². The summed E-state index contributed by atoms with van der Waals surface area (Å²) >= 11 is 0. The quantitative estimate of drug-likeness (QED) is 0.296. The molecule has 0 amide bonds. The summed E-state index contributed by atoms with van der Waals surface area (Å²) in [5, 5.41) is 11.6. The van der Waals surface area contributed by atoms with E-state index in [0.717, 1.165) is 6.07 Å². The molecule has 0 fully saturated rings. The van der Waals surface area contributed by atoms with Gasteiger partial charge in [0, 0.05) is 11.8 Å². The Hall–Kier alpha value is -2.24. The largest absolute Gasteiger partial charge is 1.00 e. The van der Waals surface area contributed by atoms with E-state index < -0.39 is 27.5 Å². The van der Waals surface area contributed by atoms with Crippen LogP contribution in [0.1, 0.15) is 0 Å². The van der Waals surface area contributed by atoms with Crippen molar-refractivity contribution < 1.29 is 61.0 Å². The minimum Gasteiger partial charge on any atom is -0.871 e. The molecule has 0 saturated heterocycles. The molecule has 3 N–H and O–H groups in total. The maximum absolute atomic E-state index is 12.9. The molecule has 2 aromatic carbocycles. The van der Waals surface area contributed by atoms with Crippen LogP contribution in [0.3, 0.4) is 0 Å². The molecule has 27 heavy (non-hydrogen) atoms. The Morgan fingerprint density at radius 1 is 1.19 bits per heavy atom. The van der Waals surface area contributed by atoms with Gasteiger partial charge in [0.1, 0.15) is 16.9 Å². The van der Waals surface area contributed by atoms with Crippen molar-refractivity contribution >= 4 is 27.1 Å². The maximum atomic E-state index is 12.9. The van der Waals surface area contributed by atoms with Crippen molar-refractivity contribution in [1.82, 2.24) is 0 Å². The molecular formula is C16H12NNaO8S. The number of ether oxygens (including phenoxy) is 1. The molecule has 0 aliphatic carbocycles. The number of hydrogen-bond acceptors (Lipinski definition) is 8. The van der Waals surface area contributed by atoms with Gasteiger partial charge in [0.15, 0.2) is 0 Å². The molecule has 0 aliphatic heterocycles. The van der Waals surface area contributed by atoms with Crippen LogP contribution in [0.15, 0.2) is 45.6 Å².